The first-order valence-corrected chi connectivity index (χ1v) is 8.38. The minimum atomic E-state index is -0.228. The van der Waals surface area contributed by atoms with E-state index >= 15 is 0 Å². The summed E-state index contributed by atoms with van der Waals surface area (Å²) >= 11 is 5.96. The van der Waals surface area contributed by atoms with E-state index < -0.39 is 0 Å². The van der Waals surface area contributed by atoms with Gasteiger partial charge < -0.3 is 14.8 Å². The zero-order chi connectivity index (χ0) is 17.4. The second-order valence-corrected chi connectivity index (χ2v) is 5.88. The van der Waals surface area contributed by atoms with E-state index in [9.17, 15) is 4.79 Å². The molecule has 0 saturated carbocycles. The lowest BCUT2D eigenvalue weighted by Crippen LogP contribution is -2.20. The van der Waals surface area contributed by atoms with Crippen LogP contribution in [0.5, 0.6) is 11.5 Å². The number of aryl methyl sites for hydroxylation is 1. The van der Waals surface area contributed by atoms with Crippen molar-refractivity contribution in [3.05, 3.63) is 53.1 Å². The number of anilines is 1. The van der Waals surface area contributed by atoms with Crippen LogP contribution in [0, 0.1) is 6.92 Å². The molecule has 0 radical (unpaired) electrons. The van der Waals surface area contributed by atoms with Crippen LogP contribution in [-0.4, -0.2) is 19.1 Å². The minimum Gasteiger partial charge on any atom is -0.494 e. The average Bonchev–Trinajstić information content (AvgIpc) is 2.57. The van der Waals surface area contributed by atoms with Crippen molar-refractivity contribution in [2.24, 2.45) is 0 Å². The van der Waals surface area contributed by atoms with Crippen LogP contribution in [0.4, 0.5) is 5.69 Å². The number of rotatable bonds is 8. The van der Waals surface area contributed by atoms with Crippen molar-refractivity contribution in [1.82, 2.24) is 0 Å². The lowest BCUT2D eigenvalue weighted by molar-refractivity contribution is -0.118. The van der Waals surface area contributed by atoms with Gasteiger partial charge in [0.25, 0.3) is 5.91 Å². The number of unbranched alkanes of at least 4 members (excludes halogenated alkanes) is 1. The van der Waals surface area contributed by atoms with Crippen molar-refractivity contribution < 1.29 is 14.3 Å². The summed E-state index contributed by atoms with van der Waals surface area (Å²) in [4.78, 5) is 12.0. The van der Waals surface area contributed by atoms with E-state index in [4.69, 9.17) is 21.1 Å². The molecule has 2 aromatic carbocycles. The fraction of sp³-hybridized carbons (Fsp3) is 0.316. The molecule has 1 N–H and O–H groups in total. The summed E-state index contributed by atoms with van der Waals surface area (Å²) in [7, 11) is 0. The largest absolute Gasteiger partial charge is 0.494 e. The Morgan fingerprint density at radius 2 is 1.92 bits per heavy atom. The summed E-state index contributed by atoms with van der Waals surface area (Å²) in [6.07, 6.45) is 2.09. The van der Waals surface area contributed by atoms with E-state index in [1.807, 2.05) is 25.1 Å². The number of hydrogen-bond acceptors (Lipinski definition) is 3. The molecule has 24 heavy (non-hydrogen) atoms. The van der Waals surface area contributed by atoms with Crippen LogP contribution >= 0.6 is 11.6 Å². The first-order valence-electron chi connectivity index (χ1n) is 8.00. The number of halogens is 1. The summed E-state index contributed by atoms with van der Waals surface area (Å²) in [6.45, 7) is 4.61. The first kappa shape index (κ1) is 18.1. The summed E-state index contributed by atoms with van der Waals surface area (Å²) < 4.78 is 11.1. The van der Waals surface area contributed by atoms with Crippen LogP contribution in [-0.2, 0) is 4.79 Å². The van der Waals surface area contributed by atoms with Gasteiger partial charge in [-0.3, -0.25) is 4.79 Å². The highest BCUT2D eigenvalue weighted by Crippen LogP contribution is 2.21. The summed E-state index contributed by atoms with van der Waals surface area (Å²) in [6, 6.07) is 12.6. The van der Waals surface area contributed by atoms with Crippen molar-refractivity contribution in [2.45, 2.75) is 26.7 Å². The second kappa shape index (κ2) is 9.18. The topological polar surface area (TPSA) is 47.6 Å². The Labute approximate surface area is 147 Å². The van der Waals surface area contributed by atoms with Crippen LogP contribution in [0.1, 0.15) is 25.3 Å². The van der Waals surface area contributed by atoms with Gasteiger partial charge in [0.2, 0.25) is 0 Å². The van der Waals surface area contributed by atoms with Gasteiger partial charge in [-0.1, -0.05) is 31.0 Å². The SMILES string of the molecule is CCCCOc1cccc(NC(=O)COc2ccc(Cl)c(C)c2)c1. The molecule has 0 spiro atoms. The van der Waals surface area contributed by atoms with Crippen molar-refractivity contribution in [3.63, 3.8) is 0 Å². The standard InChI is InChI=1S/C19H22ClNO3/c1-3-4-10-23-16-7-5-6-15(12-16)21-19(22)13-24-17-8-9-18(20)14(2)11-17/h5-9,11-12H,3-4,10,13H2,1-2H3,(H,21,22). The smallest absolute Gasteiger partial charge is 0.262 e. The molecule has 4 nitrogen and oxygen atoms in total. The number of ether oxygens (including phenoxy) is 2. The number of amides is 1. The molecule has 0 aromatic heterocycles. The Morgan fingerprint density at radius 3 is 2.67 bits per heavy atom. The predicted molar refractivity (Wildman–Crippen MR) is 97.2 cm³/mol. The quantitative estimate of drug-likeness (QED) is 0.695. The average molecular weight is 348 g/mol. The summed E-state index contributed by atoms with van der Waals surface area (Å²) in [5, 5.41) is 3.47. The number of carbonyl (C=O) groups excluding carboxylic acids is 1. The van der Waals surface area contributed by atoms with Crippen molar-refractivity contribution in [3.8, 4) is 11.5 Å². The molecule has 2 rings (SSSR count). The maximum atomic E-state index is 12.0. The Morgan fingerprint density at radius 1 is 1.12 bits per heavy atom. The lowest BCUT2D eigenvalue weighted by atomic mass is 10.2. The van der Waals surface area contributed by atoms with Crippen LogP contribution < -0.4 is 14.8 Å². The molecule has 5 heteroatoms. The Balaban J connectivity index is 1.85. The summed E-state index contributed by atoms with van der Waals surface area (Å²) in [5.74, 6) is 1.13. The summed E-state index contributed by atoms with van der Waals surface area (Å²) in [5.41, 5.74) is 1.59. The molecule has 0 heterocycles. The molecule has 1 amide bonds. The third kappa shape index (κ3) is 5.78. The highest BCUT2D eigenvalue weighted by atomic mass is 35.5. The normalized spacial score (nSPS) is 10.3. The van der Waals surface area contributed by atoms with E-state index in [1.165, 1.54) is 0 Å². The number of hydrogen-bond donors (Lipinski definition) is 1. The van der Waals surface area contributed by atoms with Gasteiger partial charge in [0.1, 0.15) is 11.5 Å². The maximum Gasteiger partial charge on any atom is 0.262 e. The number of carbonyl (C=O) groups is 1. The van der Waals surface area contributed by atoms with Crippen molar-refractivity contribution >= 4 is 23.2 Å². The first-order chi connectivity index (χ1) is 11.6. The molecule has 128 valence electrons. The van der Waals surface area contributed by atoms with Gasteiger partial charge in [-0.15, -0.1) is 0 Å². The third-order valence-corrected chi connectivity index (χ3v) is 3.81. The van der Waals surface area contributed by atoms with Gasteiger partial charge >= 0.3 is 0 Å². The van der Waals surface area contributed by atoms with Crippen LogP contribution in [0.25, 0.3) is 0 Å². The fourth-order valence-corrected chi connectivity index (χ4v) is 2.17. The van der Waals surface area contributed by atoms with E-state index in [-0.39, 0.29) is 12.5 Å². The van der Waals surface area contributed by atoms with Gasteiger partial charge in [0, 0.05) is 16.8 Å². The van der Waals surface area contributed by atoms with Gasteiger partial charge in [-0.2, -0.15) is 0 Å². The molecule has 0 atom stereocenters. The highest BCUT2D eigenvalue weighted by molar-refractivity contribution is 6.31. The van der Waals surface area contributed by atoms with Crippen LogP contribution in [0.2, 0.25) is 5.02 Å². The van der Waals surface area contributed by atoms with Gasteiger partial charge in [0.15, 0.2) is 6.61 Å². The predicted octanol–water partition coefficient (Wildman–Crippen LogP) is 4.84. The van der Waals surface area contributed by atoms with Crippen molar-refractivity contribution in [2.75, 3.05) is 18.5 Å². The Bertz CT molecular complexity index is 688. The Kier molecular flexibility index (Phi) is 6.94. The van der Waals surface area contributed by atoms with E-state index in [1.54, 1.807) is 24.3 Å². The minimum absolute atomic E-state index is 0.0675. The van der Waals surface area contributed by atoms with Crippen molar-refractivity contribution in [1.29, 1.82) is 0 Å². The van der Waals surface area contributed by atoms with Gasteiger partial charge in [-0.25, -0.2) is 0 Å². The number of benzene rings is 2. The van der Waals surface area contributed by atoms with E-state index in [2.05, 4.69) is 12.2 Å². The molecule has 0 bridgehead atoms. The lowest BCUT2D eigenvalue weighted by Gasteiger charge is -2.10. The third-order valence-electron chi connectivity index (χ3n) is 3.38. The maximum absolute atomic E-state index is 12.0. The molecule has 0 unspecified atom stereocenters. The van der Waals surface area contributed by atoms with Gasteiger partial charge in [0.05, 0.1) is 6.61 Å². The molecular weight excluding hydrogens is 326 g/mol. The van der Waals surface area contributed by atoms with Crippen LogP contribution in [0.3, 0.4) is 0 Å². The molecular formula is C19H22ClNO3. The molecule has 0 aliphatic carbocycles. The molecule has 0 aliphatic heterocycles. The number of nitrogens with one attached hydrogen (secondary N) is 1. The molecule has 0 saturated heterocycles. The zero-order valence-corrected chi connectivity index (χ0v) is 14.7. The van der Waals surface area contributed by atoms with Gasteiger partial charge in [-0.05, 0) is 49.2 Å². The molecule has 0 aliphatic rings. The molecule has 0 fully saturated rings. The Hall–Kier alpha value is -2.20. The van der Waals surface area contributed by atoms with E-state index in [0.717, 1.165) is 24.2 Å². The zero-order valence-electron chi connectivity index (χ0n) is 14.0. The highest BCUT2D eigenvalue weighted by Gasteiger charge is 2.06. The fourth-order valence-electron chi connectivity index (χ4n) is 2.05. The van der Waals surface area contributed by atoms with Crippen LogP contribution in [0.15, 0.2) is 42.5 Å². The van der Waals surface area contributed by atoms with E-state index in [0.29, 0.717) is 23.1 Å². The second-order valence-electron chi connectivity index (χ2n) is 5.48. The monoisotopic (exact) mass is 347 g/mol. The molecule has 2 aromatic rings.